The van der Waals surface area contributed by atoms with Gasteiger partial charge in [-0.25, -0.2) is 18.4 Å². The number of nitrogens with two attached hydrogens (primary N) is 1. The lowest BCUT2D eigenvalue weighted by Gasteiger charge is -2.14. The Morgan fingerprint density at radius 1 is 1.24 bits per heavy atom. The van der Waals surface area contributed by atoms with E-state index >= 15 is 0 Å². The summed E-state index contributed by atoms with van der Waals surface area (Å²) in [6, 6.07) is 8.48. The Hall–Kier alpha value is -1.94. The van der Waals surface area contributed by atoms with Gasteiger partial charge in [0.25, 0.3) is 5.91 Å². The van der Waals surface area contributed by atoms with E-state index in [0.717, 1.165) is 11.3 Å². The van der Waals surface area contributed by atoms with Crippen LogP contribution < -0.4 is 10.5 Å². The normalized spacial score (nSPS) is 12.4. The van der Waals surface area contributed by atoms with Crippen molar-refractivity contribution >= 4 is 44.8 Å². The molecule has 2 rings (SSSR count). The molecule has 0 radical (unpaired) electrons. The number of amides is 1. The second-order valence-electron chi connectivity index (χ2n) is 5.08. The van der Waals surface area contributed by atoms with Gasteiger partial charge >= 0.3 is 5.97 Å². The van der Waals surface area contributed by atoms with Crippen LogP contribution in [0.5, 0.6) is 0 Å². The Labute approximate surface area is 153 Å². The smallest absolute Gasteiger partial charge is 0.348 e. The second-order valence-corrected chi connectivity index (χ2v) is 8.36. The van der Waals surface area contributed by atoms with Crippen molar-refractivity contribution in [1.29, 1.82) is 0 Å². The van der Waals surface area contributed by atoms with Gasteiger partial charge in [-0.1, -0.05) is 23.7 Å². The number of sulfonamides is 1. The SMILES string of the molecule is C[C@H](NC(=O)COC(=O)c1ccc(Cl)s1)c1ccc(S(N)(=O)=O)cc1. The highest BCUT2D eigenvalue weighted by Crippen LogP contribution is 2.22. The minimum absolute atomic E-state index is 0.0154. The fraction of sp³-hybridized carbons (Fsp3) is 0.200. The van der Waals surface area contributed by atoms with Crippen LogP contribution in [0.25, 0.3) is 0 Å². The van der Waals surface area contributed by atoms with E-state index in [9.17, 15) is 18.0 Å². The largest absolute Gasteiger partial charge is 0.451 e. The number of esters is 1. The predicted molar refractivity (Wildman–Crippen MR) is 94.0 cm³/mol. The zero-order valence-electron chi connectivity index (χ0n) is 13.1. The zero-order chi connectivity index (χ0) is 18.6. The minimum atomic E-state index is -3.76. The summed E-state index contributed by atoms with van der Waals surface area (Å²) in [5.41, 5.74) is 0.678. The molecule has 2 aromatic rings. The van der Waals surface area contributed by atoms with E-state index in [4.69, 9.17) is 21.5 Å². The quantitative estimate of drug-likeness (QED) is 0.717. The van der Waals surface area contributed by atoms with Crippen LogP contribution in [-0.2, 0) is 19.6 Å². The summed E-state index contributed by atoms with van der Waals surface area (Å²) in [6.07, 6.45) is 0. The summed E-state index contributed by atoms with van der Waals surface area (Å²) < 4.78 is 27.8. The van der Waals surface area contributed by atoms with Crippen LogP contribution in [-0.4, -0.2) is 26.9 Å². The van der Waals surface area contributed by atoms with E-state index < -0.39 is 34.5 Å². The van der Waals surface area contributed by atoms with Crippen LogP contribution in [0.15, 0.2) is 41.3 Å². The molecule has 0 saturated carbocycles. The lowest BCUT2D eigenvalue weighted by atomic mass is 10.1. The van der Waals surface area contributed by atoms with Crippen molar-refractivity contribution in [3.63, 3.8) is 0 Å². The first kappa shape index (κ1) is 19.4. The number of hydrogen-bond donors (Lipinski definition) is 2. The topological polar surface area (TPSA) is 116 Å². The Bertz CT molecular complexity index is 878. The molecule has 1 atom stereocenters. The molecule has 0 bridgehead atoms. The number of carbonyl (C=O) groups is 2. The standard InChI is InChI=1S/C15H15ClN2O5S2/c1-9(10-2-4-11(5-3-10)25(17,21)22)18-14(19)8-23-15(20)12-6-7-13(16)24-12/h2-7,9H,8H2,1H3,(H,18,19)(H2,17,21,22)/t9-/m0/s1. The van der Waals surface area contributed by atoms with E-state index in [0.29, 0.717) is 14.8 Å². The van der Waals surface area contributed by atoms with Crippen molar-refractivity contribution in [2.75, 3.05) is 6.61 Å². The molecule has 134 valence electrons. The molecular formula is C15H15ClN2O5S2. The van der Waals surface area contributed by atoms with Gasteiger partial charge in [-0.05, 0) is 36.8 Å². The maximum atomic E-state index is 11.9. The minimum Gasteiger partial charge on any atom is -0.451 e. The van der Waals surface area contributed by atoms with Crippen LogP contribution in [0.3, 0.4) is 0 Å². The lowest BCUT2D eigenvalue weighted by Crippen LogP contribution is -2.31. The molecule has 1 aromatic heterocycles. The van der Waals surface area contributed by atoms with Crippen LogP contribution >= 0.6 is 22.9 Å². The Kier molecular flexibility index (Phi) is 6.17. The number of carbonyl (C=O) groups excluding carboxylic acids is 2. The number of ether oxygens (including phenoxy) is 1. The van der Waals surface area contributed by atoms with Gasteiger partial charge in [0.2, 0.25) is 10.0 Å². The van der Waals surface area contributed by atoms with Crippen LogP contribution in [0.1, 0.15) is 28.2 Å². The third-order valence-corrected chi connectivity index (χ3v) is 5.34. The number of halogens is 1. The van der Waals surface area contributed by atoms with E-state index in [1.165, 1.54) is 18.2 Å². The highest BCUT2D eigenvalue weighted by molar-refractivity contribution is 7.89. The van der Waals surface area contributed by atoms with Crippen LogP contribution in [0.2, 0.25) is 4.34 Å². The van der Waals surface area contributed by atoms with Gasteiger partial charge in [-0.3, -0.25) is 4.79 Å². The van der Waals surface area contributed by atoms with E-state index in [2.05, 4.69) is 5.32 Å². The Balaban J connectivity index is 1.88. The van der Waals surface area contributed by atoms with E-state index in [1.807, 2.05) is 0 Å². The molecule has 3 N–H and O–H groups in total. The third kappa shape index (κ3) is 5.53. The molecule has 0 saturated heterocycles. The van der Waals surface area contributed by atoms with E-state index in [1.54, 1.807) is 25.1 Å². The number of thiophene rings is 1. The van der Waals surface area contributed by atoms with Gasteiger partial charge in [-0.2, -0.15) is 0 Å². The summed E-state index contributed by atoms with van der Waals surface area (Å²) >= 11 is 6.79. The van der Waals surface area contributed by atoms with Crippen LogP contribution in [0, 0.1) is 0 Å². The lowest BCUT2D eigenvalue weighted by molar-refractivity contribution is -0.124. The first-order valence-electron chi connectivity index (χ1n) is 7.01. The predicted octanol–water partition coefficient (Wildman–Crippen LogP) is 2.08. The molecular weight excluding hydrogens is 388 g/mol. The van der Waals surface area contributed by atoms with Crippen molar-refractivity contribution in [3.8, 4) is 0 Å². The first-order chi connectivity index (χ1) is 11.7. The highest BCUT2D eigenvalue weighted by atomic mass is 35.5. The molecule has 0 fully saturated rings. The van der Waals surface area contributed by atoms with Gasteiger partial charge < -0.3 is 10.1 Å². The molecule has 25 heavy (non-hydrogen) atoms. The van der Waals surface area contributed by atoms with Gasteiger partial charge in [-0.15, -0.1) is 11.3 Å². The summed E-state index contributed by atoms with van der Waals surface area (Å²) in [7, 11) is -3.76. The first-order valence-corrected chi connectivity index (χ1v) is 9.75. The van der Waals surface area contributed by atoms with Crippen LogP contribution in [0.4, 0.5) is 0 Å². The van der Waals surface area contributed by atoms with Crippen molar-refractivity contribution in [2.24, 2.45) is 5.14 Å². The number of primary sulfonamides is 1. The fourth-order valence-corrected chi connectivity index (χ4v) is 3.39. The van der Waals surface area contributed by atoms with Gasteiger partial charge in [0.1, 0.15) is 4.88 Å². The van der Waals surface area contributed by atoms with Gasteiger partial charge in [0.05, 0.1) is 15.3 Å². The second kappa shape index (κ2) is 7.96. The number of rotatable bonds is 6. The number of nitrogens with one attached hydrogen (secondary N) is 1. The molecule has 0 unspecified atom stereocenters. The number of hydrogen-bond acceptors (Lipinski definition) is 6. The summed E-state index contributed by atoms with van der Waals surface area (Å²) in [5.74, 6) is -1.11. The Morgan fingerprint density at radius 2 is 1.88 bits per heavy atom. The molecule has 0 aliphatic heterocycles. The molecule has 7 nitrogen and oxygen atoms in total. The summed E-state index contributed by atoms with van der Waals surface area (Å²) in [6.45, 7) is 1.28. The molecule has 1 heterocycles. The van der Waals surface area contributed by atoms with Gasteiger partial charge in [0, 0.05) is 0 Å². The van der Waals surface area contributed by atoms with Crippen molar-refractivity contribution in [3.05, 3.63) is 51.2 Å². The molecule has 1 amide bonds. The van der Waals surface area contributed by atoms with E-state index in [-0.39, 0.29) is 4.90 Å². The fourth-order valence-electron chi connectivity index (χ4n) is 1.94. The maximum Gasteiger partial charge on any atom is 0.348 e. The third-order valence-electron chi connectivity index (χ3n) is 3.19. The van der Waals surface area contributed by atoms with Gasteiger partial charge in [0.15, 0.2) is 6.61 Å². The Morgan fingerprint density at radius 3 is 2.40 bits per heavy atom. The molecule has 0 aliphatic rings. The average Bonchev–Trinajstić information content (AvgIpc) is 2.98. The van der Waals surface area contributed by atoms with Crippen molar-refractivity contribution < 1.29 is 22.7 Å². The summed E-state index contributed by atoms with van der Waals surface area (Å²) in [5, 5.41) is 7.67. The molecule has 10 heteroatoms. The highest BCUT2D eigenvalue weighted by Gasteiger charge is 2.15. The molecule has 1 aromatic carbocycles. The zero-order valence-corrected chi connectivity index (χ0v) is 15.5. The average molecular weight is 403 g/mol. The molecule has 0 spiro atoms. The molecule has 0 aliphatic carbocycles. The van der Waals surface area contributed by atoms with Crippen molar-refractivity contribution in [2.45, 2.75) is 17.9 Å². The maximum absolute atomic E-state index is 11.9. The number of benzene rings is 1. The monoisotopic (exact) mass is 402 g/mol. The van der Waals surface area contributed by atoms with Crippen molar-refractivity contribution in [1.82, 2.24) is 5.32 Å². The summed E-state index contributed by atoms with van der Waals surface area (Å²) in [4.78, 5) is 23.9.